The van der Waals surface area contributed by atoms with Crippen molar-refractivity contribution >= 4 is 40.7 Å². The van der Waals surface area contributed by atoms with Crippen molar-refractivity contribution < 1.29 is 24.3 Å². The first-order valence-corrected chi connectivity index (χ1v) is 14.6. The zero-order valence-corrected chi connectivity index (χ0v) is 24.0. The van der Waals surface area contributed by atoms with Gasteiger partial charge in [-0.3, -0.25) is 34.1 Å². The highest BCUT2D eigenvalue weighted by molar-refractivity contribution is 6.27. The summed E-state index contributed by atoms with van der Waals surface area (Å²) in [7, 11) is 0. The summed E-state index contributed by atoms with van der Waals surface area (Å²) in [6.07, 6.45) is 12.7. The van der Waals surface area contributed by atoms with Crippen LogP contribution in [0.15, 0.2) is 36.8 Å². The largest absolute Gasteiger partial charge is 0.363 e. The Morgan fingerprint density at radius 3 is 2.48 bits per heavy atom. The number of aromatic nitrogens is 3. The number of piperidine rings is 2. The topological polar surface area (TPSA) is 138 Å². The highest BCUT2D eigenvalue weighted by atomic mass is 16.3. The average molecular weight is 573 g/mol. The summed E-state index contributed by atoms with van der Waals surface area (Å²) in [5.41, 5.74) is 0.759. The smallest absolute Gasteiger partial charge is 0.280 e. The second kappa shape index (κ2) is 10.6. The third-order valence-corrected chi connectivity index (χ3v) is 9.09. The van der Waals surface area contributed by atoms with Crippen molar-refractivity contribution in [2.75, 3.05) is 18.0 Å². The fraction of sp³-hybridized carbons (Fsp3) is 0.484. The van der Waals surface area contributed by atoms with E-state index in [1.165, 1.54) is 19.3 Å². The van der Waals surface area contributed by atoms with Crippen molar-refractivity contribution in [1.29, 1.82) is 0 Å². The van der Waals surface area contributed by atoms with Crippen LogP contribution in [-0.4, -0.2) is 67.7 Å². The van der Waals surface area contributed by atoms with Gasteiger partial charge in [0.2, 0.25) is 18.0 Å². The first kappa shape index (κ1) is 28.0. The Bertz CT molecular complexity index is 1570. The van der Waals surface area contributed by atoms with E-state index in [0.717, 1.165) is 46.1 Å². The van der Waals surface area contributed by atoms with Crippen LogP contribution in [0.3, 0.4) is 0 Å². The van der Waals surface area contributed by atoms with Crippen LogP contribution in [0.5, 0.6) is 0 Å². The predicted octanol–water partition coefficient (Wildman–Crippen LogP) is 3.10. The number of carbonyl (C=O) groups is 4. The molecule has 11 heteroatoms. The predicted molar refractivity (Wildman–Crippen MR) is 154 cm³/mol. The Labute approximate surface area is 243 Å². The van der Waals surface area contributed by atoms with E-state index >= 15 is 0 Å². The number of hydrogen-bond acceptors (Lipinski definition) is 7. The summed E-state index contributed by atoms with van der Waals surface area (Å²) in [5.74, 6) is -1.73. The summed E-state index contributed by atoms with van der Waals surface area (Å²) in [4.78, 5) is 55.8. The first-order valence-electron chi connectivity index (χ1n) is 14.6. The van der Waals surface area contributed by atoms with Crippen LogP contribution in [0.1, 0.15) is 86.3 Å². The van der Waals surface area contributed by atoms with E-state index in [-0.39, 0.29) is 24.7 Å². The minimum absolute atomic E-state index is 0.0816. The number of pyridine rings is 1. The maximum atomic E-state index is 13.3. The minimum Gasteiger partial charge on any atom is -0.363 e. The Balaban J connectivity index is 0.000000470. The highest BCUT2D eigenvalue weighted by Gasteiger charge is 2.52. The lowest BCUT2D eigenvalue weighted by Crippen LogP contribution is -2.64. The van der Waals surface area contributed by atoms with E-state index in [2.05, 4.69) is 29.2 Å². The van der Waals surface area contributed by atoms with Crippen molar-refractivity contribution in [2.24, 2.45) is 5.41 Å². The molecule has 2 aromatic heterocycles. The molecule has 5 heterocycles. The zero-order valence-electron chi connectivity index (χ0n) is 24.0. The second-order valence-corrected chi connectivity index (χ2v) is 12.6. The quantitative estimate of drug-likeness (QED) is 0.354. The Kier molecular flexibility index (Phi) is 7.08. The summed E-state index contributed by atoms with van der Waals surface area (Å²) in [6, 6.07) is 5.55. The van der Waals surface area contributed by atoms with Gasteiger partial charge in [-0.15, -0.1) is 0 Å². The minimum atomic E-state index is -2.19. The zero-order chi connectivity index (χ0) is 29.6. The van der Waals surface area contributed by atoms with Crippen LogP contribution in [0.2, 0.25) is 0 Å². The van der Waals surface area contributed by atoms with Gasteiger partial charge >= 0.3 is 0 Å². The number of anilines is 1. The van der Waals surface area contributed by atoms with Gasteiger partial charge in [0.25, 0.3) is 11.8 Å². The number of carbonyl (C=O) groups excluding carboxylic acids is 4. The van der Waals surface area contributed by atoms with E-state index < -0.39 is 23.4 Å². The van der Waals surface area contributed by atoms with Crippen LogP contribution >= 0.6 is 0 Å². The van der Waals surface area contributed by atoms with Gasteiger partial charge in [0.05, 0.1) is 17.8 Å². The number of likely N-dealkylation sites (tertiary alicyclic amines) is 1. The molecule has 7 rings (SSSR count). The van der Waals surface area contributed by atoms with E-state index in [1.54, 1.807) is 23.2 Å². The Morgan fingerprint density at radius 2 is 1.83 bits per heavy atom. The number of aliphatic hydroxyl groups is 1. The molecule has 42 heavy (non-hydrogen) atoms. The molecular weight excluding hydrogens is 536 g/mol. The second-order valence-electron chi connectivity index (χ2n) is 12.6. The molecule has 1 unspecified atom stereocenters. The van der Waals surface area contributed by atoms with Crippen molar-refractivity contribution in [3.63, 3.8) is 0 Å². The molecule has 0 bridgehead atoms. The molecule has 2 saturated heterocycles. The molecule has 2 N–H and O–H groups in total. The fourth-order valence-electron chi connectivity index (χ4n) is 6.31. The molecule has 1 aliphatic carbocycles. The van der Waals surface area contributed by atoms with Gasteiger partial charge in [-0.05, 0) is 53.7 Å². The molecule has 4 amide bonds. The molecule has 1 aromatic carbocycles. The lowest BCUT2D eigenvalue weighted by molar-refractivity contribution is -0.149. The maximum absolute atomic E-state index is 13.3. The van der Waals surface area contributed by atoms with Gasteiger partial charge in [0.1, 0.15) is 5.82 Å². The number of amides is 4. The van der Waals surface area contributed by atoms with Crippen molar-refractivity contribution in [2.45, 2.75) is 77.0 Å². The number of hydrogen-bond donors (Lipinski definition) is 2. The molecule has 0 spiro atoms. The van der Waals surface area contributed by atoms with Crippen molar-refractivity contribution in [3.05, 3.63) is 53.5 Å². The molecule has 3 aliphatic heterocycles. The van der Waals surface area contributed by atoms with Crippen LogP contribution in [-0.2, 0) is 20.8 Å². The van der Waals surface area contributed by atoms with Gasteiger partial charge in [0.15, 0.2) is 0 Å². The Hall–Kier alpha value is -4.12. The van der Waals surface area contributed by atoms with Crippen LogP contribution in [0, 0.1) is 5.41 Å². The van der Waals surface area contributed by atoms with Crippen LogP contribution in [0.4, 0.5) is 5.82 Å². The summed E-state index contributed by atoms with van der Waals surface area (Å²) in [6.45, 7) is 6.09. The van der Waals surface area contributed by atoms with E-state index in [9.17, 15) is 24.3 Å². The van der Waals surface area contributed by atoms with Gasteiger partial charge < -0.3 is 10.0 Å². The first-order chi connectivity index (χ1) is 20.1. The average Bonchev–Trinajstić information content (AvgIpc) is 3.55. The number of benzene rings is 1. The lowest BCUT2D eigenvalue weighted by atomic mass is 9.72. The normalized spacial score (nSPS) is 23.4. The van der Waals surface area contributed by atoms with Gasteiger partial charge in [0, 0.05) is 50.1 Å². The summed E-state index contributed by atoms with van der Waals surface area (Å²) < 4.78 is 1.95. The van der Waals surface area contributed by atoms with E-state index in [1.807, 2.05) is 23.1 Å². The molecule has 3 fully saturated rings. The SMILES string of the molecule is CC1(C)CCC1.O=CN1CCC(n2cc(Cc3cnc4c5c(cccc35)C(=O)N4C3(O)CCC(=O)NC3=O)cn2)CC1. The number of rotatable bonds is 5. The monoisotopic (exact) mass is 572 g/mol. The van der Waals surface area contributed by atoms with E-state index in [0.29, 0.717) is 30.5 Å². The Morgan fingerprint density at radius 1 is 1.10 bits per heavy atom. The molecule has 1 saturated carbocycles. The third-order valence-electron chi connectivity index (χ3n) is 9.09. The molecule has 11 nitrogen and oxygen atoms in total. The summed E-state index contributed by atoms with van der Waals surface area (Å²) in [5, 5.41) is 19.2. The molecule has 0 radical (unpaired) electrons. The highest BCUT2D eigenvalue weighted by Crippen LogP contribution is 2.42. The molecule has 1 atom stereocenters. The van der Waals surface area contributed by atoms with Crippen molar-refractivity contribution in [1.82, 2.24) is 25.0 Å². The molecule has 220 valence electrons. The number of nitrogens with zero attached hydrogens (tertiary/aromatic N) is 5. The standard InChI is InChI=1S/C25H24N6O5.C6H12/c32-14-29-8-5-17(6-9-29)30-13-15(11-27-30)10-16-12-26-22-21-18(16)2-1-3-19(21)23(34)31(22)25(36)7-4-20(33)28-24(25)35;1-6(2)4-3-5-6/h1-3,11-14,17,36H,4-10H2,(H,28,33,35);3-5H2,1-2H3. The van der Waals surface area contributed by atoms with Crippen LogP contribution < -0.4 is 10.2 Å². The van der Waals surface area contributed by atoms with Gasteiger partial charge in [-0.1, -0.05) is 32.4 Å². The fourth-order valence-corrected chi connectivity index (χ4v) is 6.31. The lowest BCUT2D eigenvalue weighted by Gasteiger charge is -2.37. The number of imide groups is 1. The molecule has 4 aliphatic rings. The third kappa shape index (κ3) is 4.95. The van der Waals surface area contributed by atoms with Gasteiger partial charge in [-0.2, -0.15) is 5.10 Å². The number of nitrogens with one attached hydrogen (secondary N) is 1. The van der Waals surface area contributed by atoms with E-state index in [4.69, 9.17) is 0 Å². The van der Waals surface area contributed by atoms with Crippen molar-refractivity contribution in [3.8, 4) is 0 Å². The molecule has 3 aromatic rings. The van der Waals surface area contributed by atoms with Gasteiger partial charge in [-0.25, -0.2) is 4.98 Å². The molecular formula is C31H36N6O5. The maximum Gasteiger partial charge on any atom is 0.280 e. The van der Waals surface area contributed by atoms with Crippen LogP contribution in [0.25, 0.3) is 10.8 Å². The summed E-state index contributed by atoms with van der Waals surface area (Å²) >= 11 is 0.